The highest BCUT2D eigenvalue weighted by atomic mass is 15.1. The second-order valence-electron chi connectivity index (χ2n) is 7.20. The molecule has 4 rings (SSSR count). The van der Waals surface area contributed by atoms with E-state index in [4.69, 9.17) is 5.26 Å². The molecule has 2 fully saturated rings. The molecule has 0 unspecified atom stereocenters. The molecule has 1 N–H and O–H groups in total. The van der Waals surface area contributed by atoms with Crippen molar-refractivity contribution in [2.75, 3.05) is 19.6 Å². The lowest BCUT2D eigenvalue weighted by Crippen LogP contribution is -2.34. The Morgan fingerprint density at radius 3 is 2.91 bits per heavy atom. The molecular weight excluding hydrogens is 270 g/mol. The summed E-state index contributed by atoms with van der Waals surface area (Å²) in [7, 11) is 0. The van der Waals surface area contributed by atoms with Gasteiger partial charge in [0, 0.05) is 23.6 Å². The first-order valence-corrected chi connectivity index (χ1v) is 8.48. The summed E-state index contributed by atoms with van der Waals surface area (Å²) in [6.45, 7) is 6.17. The van der Waals surface area contributed by atoms with Crippen LogP contribution in [0.15, 0.2) is 24.4 Å². The lowest BCUT2D eigenvalue weighted by molar-refractivity contribution is 0.185. The Hall–Kier alpha value is -1.79. The lowest BCUT2D eigenvalue weighted by atomic mass is 9.99. The SMILES string of the molecule is CC1CCN(C[C@@H]2C[C@H]2c2c[nH]c3ccc(C#N)cc23)CC1. The van der Waals surface area contributed by atoms with Crippen molar-refractivity contribution in [2.24, 2.45) is 11.8 Å². The Labute approximate surface area is 131 Å². The Balaban J connectivity index is 1.47. The largest absolute Gasteiger partial charge is 0.361 e. The number of nitrogens with zero attached hydrogens (tertiary/aromatic N) is 2. The van der Waals surface area contributed by atoms with Crippen LogP contribution in [0.5, 0.6) is 0 Å². The molecule has 1 aromatic carbocycles. The van der Waals surface area contributed by atoms with E-state index >= 15 is 0 Å². The van der Waals surface area contributed by atoms with Crippen LogP contribution < -0.4 is 0 Å². The van der Waals surface area contributed by atoms with Crippen LogP contribution in [-0.2, 0) is 0 Å². The van der Waals surface area contributed by atoms with Crippen LogP contribution in [0.3, 0.4) is 0 Å². The molecule has 2 aromatic rings. The second kappa shape index (κ2) is 5.44. The fraction of sp³-hybridized carbons (Fsp3) is 0.526. The summed E-state index contributed by atoms with van der Waals surface area (Å²) in [5, 5.41) is 10.4. The molecule has 1 aromatic heterocycles. The molecule has 114 valence electrons. The number of benzene rings is 1. The molecule has 1 aliphatic heterocycles. The zero-order chi connectivity index (χ0) is 15.1. The van der Waals surface area contributed by atoms with Gasteiger partial charge < -0.3 is 9.88 Å². The first kappa shape index (κ1) is 13.8. The predicted octanol–water partition coefficient (Wildman–Crippen LogP) is 3.87. The summed E-state index contributed by atoms with van der Waals surface area (Å²) in [6, 6.07) is 8.21. The van der Waals surface area contributed by atoms with E-state index in [0.29, 0.717) is 5.92 Å². The molecule has 2 atom stereocenters. The van der Waals surface area contributed by atoms with Gasteiger partial charge in [0.1, 0.15) is 0 Å². The highest BCUT2D eigenvalue weighted by molar-refractivity contribution is 5.85. The molecule has 0 amide bonds. The Bertz CT molecular complexity index is 716. The number of nitriles is 1. The highest BCUT2D eigenvalue weighted by Gasteiger charge is 2.40. The van der Waals surface area contributed by atoms with Gasteiger partial charge in [-0.1, -0.05) is 6.92 Å². The van der Waals surface area contributed by atoms with Gasteiger partial charge in [-0.2, -0.15) is 5.26 Å². The van der Waals surface area contributed by atoms with Crippen molar-refractivity contribution in [2.45, 2.75) is 32.1 Å². The number of rotatable bonds is 3. The summed E-state index contributed by atoms with van der Waals surface area (Å²) in [5.74, 6) is 2.39. The first-order valence-electron chi connectivity index (χ1n) is 8.48. The van der Waals surface area contributed by atoms with Gasteiger partial charge in [0.05, 0.1) is 11.6 Å². The van der Waals surface area contributed by atoms with Gasteiger partial charge in [-0.05, 0) is 73.9 Å². The number of nitrogens with one attached hydrogen (secondary N) is 1. The fourth-order valence-electron chi connectivity index (χ4n) is 3.93. The van der Waals surface area contributed by atoms with Gasteiger partial charge in [0.2, 0.25) is 0 Å². The minimum absolute atomic E-state index is 0.682. The number of hydrogen-bond donors (Lipinski definition) is 1. The van der Waals surface area contributed by atoms with E-state index < -0.39 is 0 Å². The summed E-state index contributed by atoms with van der Waals surface area (Å²) in [6.07, 6.45) is 6.18. The molecule has 0 bridgehead atoms. The highest BCUT2D eigenvalue weighted by Crippen LogP contribution is 2.50. The zero-order valence-electron chi connectivity index (χ0n) is 13.2. The number of H-pyrrole nitrogens is 1. The Morgan fingerprint density at radius 1 is 1.32 bits per heavy atom. The predicted molar refractivity (Wildman–Crippen MR) is 88.7 cm³/mol. The van der Waals surface area contributed by atoms with Crippen LogP contribution in [-0.4, -0.2) is 29.5 Å². The molecule has 1 saturated heterocycles. The smallest absolute Gasteiger partial charge is 0.0991 e. The zero-order valence-corrected chi connectivity index (χ0v) is 13.2. The van der Waals surface area contributed by atoms with Crippen molar-refractivity contribution in [3.63, 3.8) is 0 Å². The van der Waals surface area contributed by atoms with Gasteiger partial charge in [0.15, 0.2) is 0 Å². The molecule has 3 heteroatoms. The molecule has 2 aliphatic rings. The van der Waals surface area contributed by atoms with Crippen molar-refractivity contribution in [3.8, 4) is 6.07 Å². The molecular formula is C19H23N3. The Kier molecular flexibility index (Phi) is 3.43. The summed E-state index contributed by atoms with van der Waals surface area (Å²) >= 11 is 0. The summed E-state index contributed by atoms with van der Waals surface area (Å²) in [4.78, 5) is 6.02. The van der Waals surface area contributed by atoms with E-state index in [9.17, 15) is 0 Å². The Morgan fingerprint density at radius 2 is 2.14 bits per heavy atom. The van der Waals surface area contributed by atoms with Gasteiger partial charge in [-0.25, -0.2) is 0 Å². The van der Waals surface area contributed by atoms with Crippen LogP contribution >= 0.6 is 0 Å². The summed E-state index contributed by atoms with van der Waals surface area (Å²) in [5.41, 5.74) is 3.34. The molecule has 1 aliphatic carbocycles. The van der Waals surface area contributed by atoms with E-state index in [1.807, 2.05) is 18.2 Å². The maximum absolute atomic E-state index is 9.10. The first-order chi connectivity index (χ1) is 10.7. The third-order valence-electron chi connectivity index (χ3n) is 5.53. The average Bonchev–Trinajstić information content (AvgIpc) is 3.17. The number of aromatic nitrogens is 1. The van der Waals surface area contributed by atoms with Gasteiger partial charge in [0.25, 0.3) is 0 Å². The number of hydrogen-bond acceptors (Lipinski definition) is 2. The quantitative estimate of drug-likeness (QED) is 0.933. The maximum atomic E-state index is 9.10. The van der Waals surface area contributed by atoms with Crippen LogP contribution in [0.2, 0.25) is 0 Å². The third kappa shape index (κ3) is 2.53. The molecule has 0 spiro atoms. The topological polar surface area (TPSA) is 42.8 Å². The van der Waals surface area contributed by atoms with Crippen LogP contribution in [0.25, 0.3) is 10.9 Å². The number of aromatic amines is 1. The second-order valence-corrected chi connectivity index (χ2v) is 7.20. The molecule has 3 nitrogen and oxygen atoms in total. The van der Waals surface area contributed by atoms with E-state index in [1.54, 1.807) is 0 Å². The number of fused-ring (bicyclic) bond motifs is 1. The molecule has 2 heterocycles. The molecule has 1 saturated carbocycles. The fourth-order valence-corrected chi connectivity index (χ4v) is 3.93. The lowest BCUT2D eigenvalue weighted by Gasteiger charge is -2.30. The molecule has 22 heavy (non-hydrogen) atoms. The van der Waals surface area contributed by atoms with Crippen LogP contribution in [0.4, 0.5) is 0 Å². The monoisotopic (exact) mass is 293 g/mol. The standard InChI is InChI=1S/C19H23N3/c1-13-4-6-22(7-5-13)12-15-9-16(15)18-11-21-19-3-2-14(10-20)8-17(18)19/h2-3,8,11,13,15-16,21H,4-7,9,12H2,1H3/t15-,16+/m0/s1. The van der Waals surface area contributed by atoms with Crippen molar-refractivity contribution in [1.29, 1.82) is 5.26 Å². The van der Waals surface area contributed by atoms with Crippen molar-refractivity contribution in [3.05, 3.63) is 35.5 Å². The number of likely N-dealkylation sites (tertiary alicyclic amines) is 1. The van der Waals surface area contributed by atoms with E-state index in [-0.39, 0.29) is 0 Å². The van der Waals surface area contributed by atoms with Crippen molar-refractivity contribution < 1.29 is 0 Å². The van der Waals surface area contributed by atoms with Gasteiger partial charge in [-0.3, -0.25) is 0 Å². The van der Waals surface area contributed by atoms with Crippen molar-refractivity contribution >= 4 is 10.9 Å². The van der Waals surface area contributed by atoms with E-state index in [2.05, 4.69) is 29.1 Å². The average molecular weight is 293 g/mol. The van der Waals surface area contributed by atoms with E-state index in [1.165, 1.54) is 49.8 Å². The van der Waals surface area contributed by atoms with Gasteiger partial charge in [-0.15, -0.1) is 0 Å². The van der Waals surface area contributed by atoms with Crippen LogP contribution in [0, 0.1) is 23.2 Å². The van der Waals surface area contributed by atoms with Crippen LogP contribution in [0.1, 0.15) is 43.2 Å². The van der Waals surface area contributed by atoms with Gasteiger partial charge >= 0.3 is 0 Å². The normalized spacial score (nSPS) is 26.2. The summed E-state index contributed by atoms with van der Waals surface area (Å²) < 4.78 is 0. The molecule has 0 radical (unpaired) electrons. The minimum Gasteiger partial charge on any atom is -0.361 e. The minimum atomic E-state index is 0.682. The van der Waals surface area contributed by atoms with Crippen molar-refractivity contribution in [1.82, 2.24) is 9.88 Å². The number of piperidine rings is 1. The van der Waals surface area contributed by atoms with E-state index in [0.717, 1.165) is 22.9 Å². The maximum Gasteiger partial charge on any atom is 0.0991 e. The third-order valence-corrected chi connectivity index (χ3v) is 5.53.